The number of nitrogens with zero attached hydrogens (tertiary/aromatic N) is 1. The second-order valence-corrected chi connectivity index (χ2v) is 6.13. The Labute approximate surface area is 96.0 Å². The fraction of sp³-hybridized carbons (Fsp3) is 0.636. The average molecular weight is 293 g/mol. The molecule has 2 heteroatoms. The molecule has 0 aliphatic heterocycles. The van der Waals surface area contributed by atoms with Crippen LogP contribution in [-0.2, 0) is 0 Å². The lowest BCUT2D eigenvalue weighted by atomic mass is 10.2. The van der Waals surface area contributed by atoms with Gasteiger partial charge in [0.15, 0.2) is 0 Å². The monoisotopic (exact) mass is 293 g/mol. The van der Waals surface area contributed by atoms with E-state index in [1.807, 2.05) is 0 Å². The molecule has 0 amide bonds. The predicted octanol–water partition coefficient (Wildman–Crippen LogP) is 3.96. The van der Waals surface area contributed by atoms with Crippen LogP contribution in [0.4, 0.5) is 0 Å². The highest BCUT2D eigenvalue weighted by atomic mass is 127. The van der Waals surface area contributed by atoms with Crippen molar-refractivity contribution in [3.05, 3.63) is 23.9 Å². The van der Waals surface area contributed by atoms with E-state index in [1.54, 1.807) is 0 Å². The number of halogens is 1. The van der Waals surface area contributed by atoms with Crippen molar-refractivity contribution in [3.8, 4) is 0 Å². The largest absolute Gasteiger partial charge is 0.361 e. The molecule has 0 spiro atoms. The molecular formula is C11H20IN. The first-order valence-electron chi connectivity index (χ1n) is 4.69. The van der Waals surface area contributed by atoms with Crippen molar-refractivity contribution in [1.82, 2.24) is 4.90 Å². The Balaban J connectivity index is 4.53. The quantitative estimate of drug-likeness (QED) is 0.328. The van der Waals surface area contributed by atoms with Crippen LogP contribution in [0.3, 0.4) is 0 Å². The molecule has 0 saturated heterocycles. The molecule has 0 aromatic rings. The maximum atomic E-state index is 2.44. The van der Waals surface area contributed by atoms with Crippen LogP contribution in [0.15, 0.2) is 23.9 Å². The van der Waals surface area contributed by atoms with E-state index in [1.165, 1.54) is 5.70 Å². The third-order valence-corrected chi connectivity index (χ3v) is 2.73. The summed E-state index contributed by atoms with van der Waals surface area (Å²) in [6.45, 7) is 8.64. The van der Waals surface area contributed by atoms with E-state index < -0.39 is 0 Å². The van der Waals surface area contributed by atoms with Crippen molar-refractivity contribution in [2.45, 2.75) is 37.7 Å². The summed E-state index contributed by atoms with van der Waals surface area (Å²) in [7, 11) is 2.13. The molecule has 0 radical (unpaired) electrons. The van der Waals surface area contributed by atoms with Gasteiger partial charge in [0, 0.05) is 12.7 Å². The van der Waals surface area contributed by atoms with Crippen molar-refractivity contribution in [2.24, 2.45) is 0 Å². The molecule has 13 heavy (non-hydrogen) atoms. The van der Waals surface area contributed by atoms with E-state index in [-0.39, 0.29) is 3.55 Å². The Morgan fingerprint density at radius 1 is 1.46 bits per heavy atom. The highest BCUT2D eigenvalue weighted by Gasteiger charge is 2.19. The van der Waals surface area contributed by atoms with Crippen LogP contribution in [0.2, 0.25) is 0 Å². The maximum Gasteiger partial charge on any atom is 0.0858 e. The Morgan fingerprint density at radius 2 is 2.00 bits per heavy atom. The van der Waals surface area contributed by atoms with Gasteiger partial charge in [-0.15, -0.1) is 0 Å². The molecule has 0 heterocycles. The van der Waals surface area contributed by atoms with Gasteiger partial charge in [0.25, 0.3) is 0 Å². The van der Waals surface area contributed by atoms with Gasteiger partial charge in [-0.3, -0.25) is 0 Å². The van der Waals surface area contributed by atoms with Gasteiger partial charge in [0.1, 0.15) is 0 Å². The lowest BCUT2D eigenvalue weighted by Crippen LogP contribution is -2.33. The van der Waals surface area contributed by atoms with Crippen molar-refractivity contribution in [1.29, 1.82) is 0 Å². The molecule has 0 unspecified atom stereocenters. The molecule has 0 atom stereocenters. The minimum atomic E-state index is 0.164. The summed E-state index contributed by atoms with van der Waals surface area (Å²) < 4.78 is 0.164. The normalized spacial score (nSPS) is 13.8. The number of hydrogen-bond acceptors (Lipinski definition) is 1. The van der Waals surface area contributed by atoms with Crippen LogP contribution in [0.1, 0.15) is 34.1 Å². The van der Waals surface area contributed by atoms with E-state index in [0.717, 1.165) is 6.42 Å². The van der Waals surface area contributed by atoms with Gasteiger partial charge in [-0.05, 0) is 33.3 Å². The zero-order valence-electron chi connectivity index (χ0n) is 9.26. The Kier molecular flexibility index (Phi) is 5.68. The number of alkyl halides is 1. The van der Waals surface area contributed by atoms with E-state index in [2.05, 4.69) is 80.5 Å². The third-order valence-electron chi connectivity index (χ3n) is 2.00. The third kappa shape index (κ3) is 4.69. The van der Waals surface area contributed by atoms with Gasteiger partial charge < -0.3 is 4.90 Å². The van der Waals surface area contributed by atoms with Gasteiger partial charge >= 0.3 is 0 Å². The van der Waals surface area contributed by atoms with Crippen molar-refractivity contribution >= 4 is 22.6 Å². The molecular weight excluding hydrogens is 273 g/mol. The number of rotatable bonds is 4. The topological polar surface area (TPSA) is 3.24 Å². The summed E-state index contributed by atoms with van der Waals surface area (Å²) in [5.74, 6) is 0. The van der Waals surface area contributed by atoms with E-state index in [0.29, 0.717) is 0 Å². The zero-order chi connectivity index (χ0) is 10.5. The second kappa shape index (κ2) is 5.68. The first-order chi connectivity index (χ1) is 5.93. The van der Waals surface area contributed by atoms with Gasteiger partial charge in [0.05, 0.1) is 3.55 Å². The zero-order valence-corrected chi connectivity index (χ0v) is 11.4. The van der Waals surface area contributed by atoms with Crippen LogP contribution < -0.4 is 0 Å². The molecule has 0 aliphatic carbocycles. The minimum Gasteiger partial charge on any atom is -0.361 e. The summed E-state index contributed by atoms with van der Waals surface area (Å²) in [5.41, 5.74) is 1.28. The van der Waals surface area contributed by atoms with Gasteiger partial charge in [-0.2, -0.15) is 0 Å². The van der Waals surface area contributed by atoms with E-state index in [9.17, 15) is 0 Å². The summed E-state index contributed by atoms with van der Waals surface area (Å²) >= 11 is 2.44. The highest BCUT2D eigenvalue weighted by molar-refractivity contribution is 14.1. The lowest BCUT2D eigenvalue weighted by Gasteiger charge is -2.33. The molecule has 0 aromatic heterocycles. The first-order valence-corrected chi connectivity index (χ1v) is 5.77. The SMILES string of the molecule is C/C=C(\C=C/CC)N(C)C(C)(C)I. The Hall–Kier alpha value is 0.0100. The van der Waals surface area contributed by atoms with Crippen LogP contribution in [0.25, 0.3) is 0 Å². The average Bonchev–Trinajstić information content (AvgIpc) is 2.04. The van der Waals surface area contributed by atoms with Gasteiger partial charge in [0.2, 0.25) is 0 Å². The predicted molar refractivity (Wildman–Crippen MR) is 69.1 cm³/mol. The lowest BCUT2D eigenvalue weighted by molar-refractivity contribution is 0.336. The summed E-state index contributed by atoms with van der Waals surface area (Å²) in [6, 6.07) is 0. The van der Waals surface area contributed by atoms with Crippen LogP contribution in [-0.4, -0.2) is 15.5 Å². The van der Waals surface area contributed by atoms with Crippen molar-refractivity contribution in [3.63, 3.8) is 0 Å². The van der Waals surface area contributed by atoms with Crippen LogP contribution in [0.5, 0.6) is 0 Å². The fourth-order valence-electron chi connectivity index (χ4n) is 0.947. The molecule has 0 N–H and O–H groups in total. The molecule has 0 aliphatic rings. The van der Waals surface area contributed by atoms with Crippen molar-refractivity contribution < 1.29 is 0 Å². The first kappa shape index (κ1) is 13.0. The van der Waals surface area contributed by atoms with Gasteiger partial charge in [-0.1, -0.05) is 41.7 Å². The molecule has 0 bridgehead atoms. The fourth-order valence-corrected chi connectivity index (χ4v) is 1.23. The molecule has 1 nitrogen and oxygen atoms in total. The van der Waals surface area contributed by atoms with E-state index >= 15 is 0 Å². The van der Waals surface area contributed by atoms with Crippen LogP contribution >= 0.6 is 22.6 Å². The second-order valence-electron chi connectivity index (χ2n) is 3.49. The Morgan fingerprint density at radius 3 is 2.31 bits per heavy atom. The molecule has 0 rings (SSSR count). The molecule has 0 aromatic carbocycles. The molecule has 76 valence electrons. The highest BCUT2D eigenvalue weighted by Crippen LogP contribution is 2.25. The Bertz CT molecular complexity index is 199. The standard InChI is InChI=1S/C11H20IN/c1-6-8-9-10(7-2)13(5)11(3,4)12/h7-9H,6H2,1-5H3/b9-8-,10-7+. The number of allylic oxidation sites excluding steroid dienone is 3. The number of likely N-dealkylation sites (N-methyl/N-ethyl adjacent to an activating group) is 1. The summed E-state index contributed by atoms with van der Waals surface area (Å²) in [5, 5.41) is 0. The number of hydrogen-bond donors (Lipinski definition) is 0. The van der Waals surface area contributed by atoms with Crippen LogP contribution in [0, 0.1) is 0 Å². The maximum absolute atomic E-state index is 2.44. The summed E-state index contributed by atoms with van der Waals surface area (Å²) in [6.07, 6.45) is 7.61. The molecule has 0 fully saturated rings. The molecule has 0 saturated carbocycles. The van der Waals surface area contributed by atoms with E-state index in [4.69, 9.17) is 0 Å². The van der Waals surface area contributed by atoms with Crippen molar-refractivity contribution in [2.75, 3.05) is 7.05 Å². The van der Waals surface area contributed by atoms with Gasteiger partial charge in [-0.25, -0.2) is 0 Å². The smallest absolute Gasteiger partial charge is 0.0858 e. The minimum absolute atomic E-state index is 0.164. The summed E-state index contributed by atoms with van der Waals surface area (Å²) in [4.78, 5) is 2.28.